The summed E-state index contributed by atoms with van der Waals surface area (Å²) >= 11 is 1.64. The Morgan fingerprint density at radius 1 is 1.39 bits per heavy atom. The van der Waals surface area contributed by atoms with E-state index in [9.17, 15) is 4.79 Å². The van der Waals surface area contributed by atoms with Gasteiger partial charge in [-0.3, -0.25) is 4.79 Å². The van der Waals surface area contributed by atoms with Crippen LogP contribution in [0.2, 0.25) is 0 Å². The maximum atomic E-state index is 11.9. The number of amides is 1. The molecule has 1 aromatic rings. The van der Waals surface area contributed by atoms with Gasteiger partial charge in [-0.25, -0.2) is 0 Å². The number of nitrogens with one attached hydrogen (secondary N) is 1. The van der Waals surface area contributed by atoms with Crippen LogP contribution in [0.1, 0.15) is 24.2 Å². The molecule has 0 saturated carbocycles. The van der Waals surface area contributed by atoms with E-state index in [1.807, 2.05) is 18.2 Å². The first-order valence-corrected chi connectivity index (χ1v) is 6.88. The predicted octanol–water partition coefficient (Wildman–Crippen LogP) is 2.47. The summed E-state index contributed by atoms with van der Waals surface area (Å²) in [5.74, 6) is 0.719. The number of hydrogen-bond donors (Lipinski definition) is 2. The molecule has 0 aliphatic carbocycles. The van der Waals surface area contributed by atoms with Gasteiger partial charge in [0.05, 0.1) is 12.2 Å². The largest absolute Gasteiger partial charge is 0.395 e. The summed E-state index contributed by atoms with van der Waals surface area (Å²) in [5, 5.41) is 11.4. The molecular formula is C14H19NO2S. The molecule has 3 nitrogen and oxygen atoms in total. The van der Waals surface area contributed by atoms with Crippen LogP contribution in [0.15, 0.2) is 40.8 Å². The normalized spacial score (nSPS) is 9.94. The summed E-state index contributed by atoms with van der Waals surface area (Å²) in [4.78, 5) is 12.8. The fourth-order valence-corrected chi connectivity index (χ4v) is 2.43. The number of aliphatic hydroxyl groups is 1. The molecule has 0 bridgehead atoms. The number of hydrogen-bond acceptors (Lipinski definition) is 3. The second-order valence-corrected chi connectivity index (χ2v) is 5.13. The number of carbonyl (C=O) groups is 1. The van der Waals surface area contributed by atoms with Crippen molar-refractivity contribution in [3.05, 3.63) is 41.5 Å². The van der Waals surface area contributed by atoms with Gasteiger partial charge in [-0.05, 0) is 26.0 Å². The van der Waals surface area contributed by atoms with Gasteiger partial charge in [-0.15, -0.1) is 11.8 Å². The van der Waals surface area contributed by atoms with Crippen molar-refractivity contribution in [3.8, 4) is 0 Å². The monoisotopic (exact) mass is 265 g/mol. The number of benzene rings is 1. The van der Waals surface area contributed by atoms with Crippen molar-refractivity contribution in [1.29, 1.82) is 0 Å². The molecule has 0 aromatic heterocycles. The van der Waals surface area contributed by atoms with E-state index in [1.165, 1.54) is 5.57 Å². The van der Waals surface area contributed by atoms with Gasteiger partial charge in [0.15, 0.2) is 0 Å². The molecule has 0 fully saturated rings. The third-order valence-electron chi connectivity index (χ3n) is 2.26. The molecule has 1 amide bonds. The van der Waals surface area contributed by atoms with Gasteiger partial charge in [0, 0.05) is 17.2 Å². The van der Waals surface area contributed by atoms with E-state index >= 15 is 0 Å². The van der Waals surface area contributed by atoms with E-state index in [-0.39, 0.29) is 19.1 Å². The Kier molecular flexibility index (Phi) is 6.54. The minimum absolute atomic E-state index is 0.0428. The Morgan fingerprint density at radius 3 is 2.78 bits per heavy atom. The summed E-state index contributed by atoms with van der Waals surface area (Å²) < 4.78 is 0. The van der Waals surface area contributed by atoms with Crippen LogP contribution in [-0.2, 0) is 0 Å². The Labute approximate surface area is 112 Å². The zero-order valence-corrected chi connectivity index (χ0v) is 11.6. The SMILES string of the molecule is CC(C)=CCSc1ccccc1C(=O)NCCO. The Morgan fingerprint density at radius 2 is 2.11 bits per heavy atom. The Hall–Kier alpha value is -1.26. The van der Waals surface area contributed by atoms with Crippen LogP contribution in [-0.4, -0.2) is 29.9 Å². The summed E-state index contributed by atoms with van der Waals surface area (Å²) in [7, 11) is 0. The molecule has 0 heterocycles. The van der Waals surface area contributed by atoms with Crippen molar-refractivity contribution in [2.75, 3.05) is 18.9 Å². The van der Waals surface area contributed by atoms with Crippen molar-refractivity contribution in [3.63, 3.8) is 0 Å². The zero-order valence-electron chi connectivity index (χ0n) is 10.8. The fraction of sp³-hybridized carbons (Fsp3) is 0.357. The third-order valence-corrected chi connectivity index (χ3v) is 3.26. The second kappa shape index (κ2) is 7.95. The van der Waals surface area contributed by atoms with Gasteiger partial charge in [0.25, 0.3) is 5.91 Å². The highest BCUT2D eigenvalue weighted by Crippen LogP contribution is 2.23. The summed E-state index contributed by atoms with van der Waals surface area (Å²) in [6.45, 7) is 4.35. The minimum Gasteiger partial charge on any atom is -0.395 e. The maximum Gasteiger partial charge on any atom is 0.252 e. The second-order valence-electron chi connectivity index (χ2n) is 4.07. The zero-order chi connectivity index (χ0) is 13.4. The van der Waals surface area contributed by atoms with E-state index in [0.717, 1.165) is 10.6 Å². The van der Waals surface area contributed by atoms with Crippen molar-refractivity contribution in [2.24, 2.45) is 0 Å². The van der Waals surface area contributed by atoms with Gasteiger partial charge in [-0.1, -0.05) is 23.8 Å². The van der Waals surface area contributed by atoms with Crippen LogP contribution in [0, 0.1) is 0 Å². The lowest BCUT2D eigenvalue weighted by molar-refractivity contribution is 0.0942. The number of aliphatic hydroxyl groups excluding tert-OH is 1. The van der Waals surface area contributed by atoms with Crippen molar-refractivity contribution < 1.29 is 9.90 Å². The highest BCUT2D eigenvalue weighted by atomic mass is 32.2. The molecular weight excluding hydrogens is 246 g/mol. The molecule has 0 saturated heterocycles. The number of thioether (sulfide) groups is 1. The first-order chi connectivity index (χ1) is 8.65. The van der Waals surface area contributed by atoms with Crippen molar-refractivity contribution in [2.45, 2.75) is 18.7 Å². The maximum absolute atomic E-state index is 11.9. The molecule has 0 aliphatic rings. The fourth-order valence-electron chi connectivity index (χ4n) is 1.34. The Balaban J connectivity index is 2.72. The number of carbonyl (C=O) groups excluding carboxylic acids is 1. The highest BCUT2D eigenvalue weighted by Gasteiger charge is 2.09. The van der Waals surface area contributed by atoms with Crippen LogP contribution >= 0.6 is 11.8 Å². The smallest absolute Gasteiger partial charge is 0.252 e. The van der Waals surface area contributed by atoms with Crippen molar-refractivity contribution >= 4 is 17.7 Å². The van der Waals surface area contributed by atoms with E-state index in [4.69, 9.17) is 5.11 Å². The molecule has 98 valence electrons. The molecule has 0 aliphatic heterocycles. The molecule has 0 spiro atoms. The Bertz CT molecular complexity index is 426. The average molecular weight is 265 g/mol. The van der Waals surface area contributed by atoms with Crippen molar-refractivity contribution in [1.82, 2.24) is 5.32 Å². The molecule has 1 aromatic carbocycles. The topological polar surface area (TPSA) is 49.3 Å². The quantitative estimate of drug-likeness (QED) is 0.613. The minimum atomic E-state index is -0.135. The predicted molar refractivity (Wildman–Crippen MR) is 76.0 cm³/mol. The first kappa shape index (κ1) is 14.8. The first-order valence-electron chi connectivity index (χ1n) is 5.89. The van der Waals surface area contributed by atoms with Gasteiger partial charge in [-0.2, -0.15) is 0 Å². The molecule has 1 rings (SSSR count). The van der Waals surface area contributed by atoms with Gasteiger partial charge < -0.3 is 10.4 Å². The molecule has 0 unspecified atom stereocenters. The van der Waals surface area contributed by atoms with Crippen LogP contribution < -0.4 is 5.32 Å². The number of allylic oxidation sites excluding steroid dienone is 1. The summed E-state index contributed by atoms with van der Waals surface area (Å²) in [6, 6.07) is 7.52. The van der Waals surface area contributed by atoms with Crippen LogP contribution in [0.5, 0.6) is 0 Å². The van der Waals surface area contributed by atoms with Gasteiger partial charge in [0.2, 0.25) is 0 Å². The standard InChI is InChI=1S/C14H19NO2S/c1-11(2)7-10-18-13-6-4-3-5-12(13)14(17)15-8-9-16/h3-7,16H,8-10H2,1-2H3,(H,15,17). The summed E-state index contributed by atoms with van der Waals surface area (Å²) in [5.41, 5.74) is 1.93. The van der Waals surface area contributed by atoms with E-state index < -0.39 is 0 Å². The number of rotatable bonds is 6. The van der Waals surface area contributed by atoms with Crippen LogP contribution in [0.4, 0.5) is 0 Å². The molecule has 4 heteroatoms. The van der Waals surface area contributed by atoms with Gasteiger partial charge >= 0.3 is 0 Å². The van der Waals surface area contributed by atoms with E-state index in [0.29, 0.717) is 5.56 Å². The average Bonchev–Trinajstić information content (AvgIpc) is 2.36. The lowest BCUT2D eigenvalue weighted by Crippen LogP contribution is -2.26. The highest BCUT2D eigenvalue weighted by molar-refractivity contribution is 7.99. The van der Waals surface area contributed by atoms with Crippen LogP contribution in [0.3, 0.4) is 0 Å². The van der Waals surface area contributed by atoms with Crippen LogP contribution in [0.25, 0.3) is 0 Å². The summed E-state index contributed by atoms with van der Waals surface area (Å²) in [6.07, 6.45) is 2.13. The molecule has 0 atom stereocenters. The lowest BCUT2D eigenvalue weighted by Gasteiger charge is -2.08. The van der Waals surface area contributed by atoms with E-state index in [2.05, 4.69) is 25.2 Å². The molecule has 0 radical (unpaired) electrons. The molecule has 2 N–H and O–H groups in total. The van der Waals surface area contributed by atoms with E-state index in [1.54, 1.807) is 17.8 Å². The lowest BCUT2D eigenvalue weighted by atomic mass is 10.2. The third kappa shape index (κ3) is 4.94. The molecule has 18 heavy (non-hydrogen) atoms. The van der Waals surface area contributed by atoms with Gasteiger partial charge in [0.1, 0.15) is 0 Å².